The fourth-order valence-corrected chi connectivity index (χ4v) is 2.69. The van der Waals surface area contributed by atoms with Gasteiger partial charge < -0.3 is 9.84 Å². The molecule has 0 aliphatic rings. The van der Waals surface area contributed by atoms with Crippen LogP contribution in [0.15, 0.2) is 54.6 Å². The van der Waals surface area contributed by atoms with Crippen LogP contribution in [0.5, 0.6) is 5.75 Å². The van der Waals surface area contributed by atoms with E-state index in [4.69, 9.17) is 4.74 Å². The topological polar surface area (TPSA) is 32.7 Å². The van der Waals surface area contributed by atoms with Gasteiger partial charge in [-0.1, -0.05) is 56.3 Å². The minimum atomic E-state index is -0.461. The van der Waals surface area contributed by atoms with Gasteiger partial charge in [0.1, 0.15) is 5.75 Å². The van der Waals surface area contributed by atoms with Gasteiger partial charge >= 0.3 is 0 Å². The molecular weight excluding hydrogens is 298 g/mol. The monoisotopic (exact) mass is 327 g/mol. The molecule has 3 heteroatoms. The highest BCUT2D eigenvalue weighted by Gasteiger charge is 2.14. The molecule has 2 aromatic rings. The molecule has 1 atom stereocenters. The van der Waals surface area contributed by atoms with E-state index in [0.717, 1.165) is 30.8 Å². The van der Waals surface area contributed by atoms with E-state index in [-0.39, 0.29) is 0 Å². The predicted octanol–water partition coefficient (Wildman–Crippen LogP) is 4.28. The summed E-state index contributed by atoms with van der Waals surface area (Å²) in [4.78, 5) is 2.33. The normalized spacial score (nSPS) is 12.6. The van der Waals surface area contributed by atoms with Crippen LogP contribution in [0.3, 0.4) is 0 Å². The maximum Gasteiger partial charge on any atom is 0.118 e. The van der Waals surface area contributed by atoms with Crippen molar-refractivity contribution >= 4 is 0 Å². The summed E-state index contributed by atoms with van der Waals surface area (Å²) < 4.78 is 5.22. The summed E-state index contributed by atoms with van der Waals surface area (Å²) in [6.07, 6.45) is 0.661. The van der Waals surface area contributed by atoms with E-state index < -0.39 is 6.10 Å². The Morgan fingerprint density at radius 3 is 2.25 bits per heavy atom. The predicted molar refractivity (Wildman–Crippen MR) is 99.1 cm³/mol. The molecule has 0 bridgehead atoms. The summed E-state index contributed by atoms with van der Waals surface area (Å²) >= 11 is 0. The highest BCUT2D eigenvalue weighted by molar-refractivity contribution is 5.27. The third kappa shape index (κ3) is 5.99. The Labute approximate surface area is 145 Å². The summed E-state index contributed by atoms with van der Waals surface area (Å²) in [5, 5.41) is 10.6. The second kappa shape index (κ2) is 9.45. The first-order valence-corrected chi connectivity index (χ1v) is 8.66. The van der Waals surface area contributed by atoms with E-state index in [1.807, 2.05) is 42.5 Å². The molecule has 0 aromatic heterocycles. The van der Waals surface area contributed by atoms with Crippen molar-refractivity contribution in [3.63, 3.8) is 0 Å². The molecule has 24 heavy (non-hydrogen) atoms. The largest absolute Gasteiger partial charge is 0.497 e. The first-order chi connectivity index (χ1) is 11.6. The second-order valence-electron chi connectivity index (χ2n) is 6.69. The molecule has 1 unspecified atom stereocenters. The van der Waals surface area contributed by atoms with E-state index in [1.54, 1.807) is 7.11 Å². The van der Waals surface area contributed by atoms with Gasteiger partial charge in [0.25, 0.3) is 0 Å². The van der Waals surface area contributed by atoms with Crippen molar-refractivity contribution in [1.82, 2.24) is 4.90 Å². The molecule has 0 fully saturated rings. The first-order valence-electron chi connectivity index (χ1n) is 8.66. The maximum absolute atomic E-state index is 10.6. The zero-order valence-electron chi connectivity index (χ0n) is 15.0. The maximum atomic E-state index is 10.6. The molecule has 0 aliphatic heterocycles. The zero-order valence-corrected chi connectivity index (χ0v) is 15.0. The summed E-state index contributed by atoms with van der Waals surface area (Å²) in [6, 6.07) is 18.1. The van der Waals surface area contributed by atoms with Crippen molar-refractivity contribution < 1.29 is 9.84 Å². The van der Waals surface area contributed by atoms with Gasteiger partial charge in [0.2, 0.25) is 0 Å². The Morgan fingerprint density at radius 2 is 1.67 bits per heavy atom. The van der Waals surface area contributed by atoms with Crippen molar-refractivity contribution in [2.45, 2.75) is 32.9 Å². The Hall–Kier alpha value is -1.84. The molecular formula is C21H29NO2. The summed E-state index contributed by atoms with van der Waals surface area (Å²) in [5.74, 6) is 1.52. The fourth-order valence-electron chi connectivity index (χ4n) is 2.69. The van der Waals surface area contributed by atoms with Gasteiger partial charge in [0.15, 0.2) is 0 Å². The number of benzene rings is 2. The standard InChI is InChI=1S/C21H29NO2/c1-17(2)13-14-22(15-18-9-11-20(24-3)12-10-18)16-21(23)19-7-5-4-6-8-19/h4-12,17,21,23H,13-16H2,1-3H3. The highest BCUT2D eigenvalue weighted by atomic mass is 16.5. The van der Waals surface area contributed by atoms with Crippen LogP contribution in [-0.4, -0.2) is 30.2 Å². The van der Waals surface area contributed by atoms with Crippen molar-refractivity contribution in [3.8, 4) is 5.75 Å². The lowest BCUT2D eigenvalue weighted by Gasteiger charge is -2.26. The molecule has 3 nitrogen and oxygen atoms in total. The average Bonchev–Trinajstić information content (AvgIpc) is 2.61. The van der Waals surface area contributed by atoms with E-state index in [9.17, 15) is 5.11 Å². The van der Waals surface area contributed by atoms with Crippen molar-refractivity contribution in [1.29, 1.82) is 0 Å². The molecule has 1 N–H and O–H groups in total. The van der Waals surface area contributed by atoms with E-state index in [1.165, 1.54) is 5.56 Å². The average molecular weight is 327 g/mol. The van der Waals surface area contributed by atoms with Crippen LogP contribution in [0.2, 0.25) is 0 Å². The van der Waals surface area contributed by atoms with Crippen LogP contribution in [0.25, 0.3) is 0 Å². The van der Waals surface area contributed by atoms with Crippen molar-refractivity contribution in [2.24, 2.45) is 5.92 Å². The molecule has 130 valence electrons. The van der Waals surface area contributed by atoms with E-state index in [0.29, 0.717) is 12.5 Å². The Kier molecular flexibility index (Phi) is 7.29. The lowest BCUT2D eigenvalue weighted by atomic mass is 10.1. The molecule has 0 aliphatic carbocycles. The molecule has 0 amide bonds. The number of rotatable bonds is 9. The Bertz CT molecular complexity index is 581. The van der Waals surface area contributed by atoms with Gasteiger partial charge in [-0.15, -0.1) is 0 Å². The molecule has 0 radical (unpaired) electrons. The third-order valence-electron chi connectivity index (χ3n) is 4.20. The molecule has 0 saturated carbocycles. The molecule has 0 spiro atoms. The van der Waals surface area contributed by atoms with Crippen molar-refractivity contribution in [3.05, 3.63) is 65.7 Å². The summed E-state index contributed by atoms with van der Waals surface area (Å²) in [6.45, 7) is 6.93. The van der Waals surface area contributed by atoms with Crippen LogP contribution in [0.1, 0.15) is 37.5 Å². The van der Waals surface area contributed by atoms with E-state index in [2.05, 4.69) is 30.9 Å². The lowest BCUT2D eigenvalue weighted by Crippen LogP contribution is -2.30. The van der Waals surface area contributed by atoms with Gasteiger partial charge in [-0.25, -0.2) is 0 Å². The minimum Gasteiger partial charge on any atom is -0.497 e. The first kappa shape index (κ1) is 18.5. The van der Waals surface area contributed by atoms with E-state index >= 15 is 0 Å². The van der Waals surface area contributed by atoms with Gasteiger partial charge in [0, 0.05) is 13.1 Å². The number of methoxy groups -OCH3 is 1. The van der Waals surface area contributed by atoms with Crippen LogP contribution >= 0.6 is 0 Å². The van der Waals surface area contributed by atoms with Crippen molar-refractivity contribution in [2.75, 3.05) is 20.2 Å². The highest BCUT2D eigenvalue weighted by Crippen LogP contribution is 2.18. The number of hydrogen-bond donors (Lipinski definition) is 1. The Balaban J connectivity index is 2.02. The number of aliphatic hydroxyl groups is 1. The van der Waals surface area contributed by atoms with Crippen LogP contribution in [-0.2, 0) is 6.54 Å². The fraction of sp³-hybridized carbons (Fsp3) is 0.429. The second-order valence-corrected chi connectivity index (χ2v) is 6.69. The number of ether oxygens (including phenoxy) is 1. The number of hydrogen-bond acceptors (Lipinski definition) is 3. The molecule has 2 rings (SSSR count). The van der Waals surface area contributed by atoms with Crippen LogP contribution in [0, 0.1) is 5.92 Å². The SMILES string of the molecule is COc1ccc(CN(CCC(C)C)CC(O)c2ccccc2)cc1. The van der Waals surface area contributed by atoms with Gasteiger partial charge in [-0.3, -0.25) is 4.90 Å². The quantitative estimate of drug-likeness (QED) is 0.746. The van der Waals surface area contributed by atoms with Gasteiger partial charge in [0.05, 0.1) is 13.2 Å². The van der Waals surface area contributed by atoms with Crippen LogP contribution < -0.4 is 4.74 Å². The number of aliphatic hydroxyl groups excluding tert-OH is 1. The molecule has 0 saturated heterocycles. The number of nitrogens with zero attached hydrogens (tertiary/aromatic N) is 1. The molecule has 0 heterocycles. The lowest BCUT2D eigenvalue weighted by molar-refractivity contribution is 0.106. The third-order valence-corrected chi connectivity index (χ3v) is 4.20. The summed E-state index contributed by atoms with van der Waals surface area (Å²) in [5.41, 5.74) is 2.21. The zero-order chi connectivity index (χ0) is 17.4. The smallest absolute Gasteiger partial charge is 0.118 e. The van der Waals surface area contributed by atoms with Gasteiger partial charge in [-0.05, 0) is 42.1 Å². The minimum absolute atomic E-state index is 0.461. The van der Waals surface area contributed by atoms with Gasteiger partial charge in [-0.2, -0.15) is 0 Å². The summed E-state index contributed by atoms with van der Waals surface area (Å²) in [7, 11) is 1.68. The van der Waals surface area contributed by atoms with Crippen LogP contribution in [0.4, 0.5) is 0 Å². The Morgan fingerprint density at radius 1 is 1.00 bits per heavy atom. The molecule has 2 aromatic carbocycles.